The van der Waals surface area contributed by atoms with Crippen LogP contribution in [0, 0.1) is 0 Å². The molecule has 152 valence electrons. The molecule has 2 aromatic heterocycles. The number of rotatable bonds is 6. The van der Waals surface area contributed by atoms with Crippen LogP contribution in [-0.2, 0) is 6.54 Å². The van der Waals surface area contributed by atoms with Gasteiger partial charge in [-0.25, -0.2) is 0 Å². The van der Waals surface area contributed by atoms with E-state index in [1.807, 2.05) is 25.1 Å². The van der Waals surface area contributed by atoms with Crippen molar-refractivity contribution < 1.29 is 9.26 Å². The van der Waals surface area contributed by atoms with Crippen molar-refractivity contribution in [3.8, 4) is 22.8 Å². The lowest BCUT2D eigenvalue weighted by atomic mass is 10.2. The molecule has 9 heteroatoms. The summed E-state index contributed by atoms with van der Waals surface area (Å²) in [7, 11) is 0. The fourth-order valence-electron chi connectivity index (χ4n) is 2.91. The van der Waals surface area contributed by atoms with E-state index in [-0.39, 0.29) is 12.4 Å². The predicted octanol–water partition coefficient (Wildman–Crippen LogP) is 3.15. The number of halogens is 1. The zero-order valence-corrected chi connectivity index (χ0v) is 16.7. The number of nitrogens with zero attached hydrogens (tertiary/aromatic N) is 4. The van der Waals surface area contributed by atoms with Crippen LogP contribution >= 0.6 is 11.6 Å². The summed E-state index contributed by atoms with van der Waals surface area (Å²) in [6.07, 6.45) is 3.01. The van der Waals surface area contributed by atoms with E-state index >= 15 is 0 Å². The Balaban J connectivity index is 1.59. The highest BCUT2D eigenvalue weighted by Gasteiger charge is 2.13. The summed E-state index contributed by atoms with van der Waals surface area (Å²) in [5.74, 6) is 1.27. The van der Waals surface area contributed by atoms with E-state index in [2.05, 4.69) is 10.1 Å². The van der Waals surface area contributed by atoms with Crippen molar-refractivity contribution in [3.63, 3.8) is 0 Å². The third-order valence-corrected chi connectivity index (χ3v) is 4.59. The van der Waals surface area contributed by atoms with Crippen LogP contribution in [0.4, 0.5) is 0 Å². The number of benzene rings is 2. The first-order valence-corrected chi connectivity index (χ1v) is 9.57. The lowest BCUT2D eigenvalue weighted by Crippen LogP contribution is -2.40. The van der Waals surface area contributed by atoms with E-state index in [9.17, 15) is 9.59 Å². The van der Waals surface area contributed by atoms with Crippen LogP contribution in [0.2, 0.25) is 5.02 Å². The maximum Gasteiger partial charge on any atom is 0.320 e. The minimum Gasteiger partial charge on any atom is -0.494 e. The third kappa shape index (κ3) is 4.04. The summed E-state index contributed by atoms with van der Waals surface area (Å²) in [4.78, 5) is 29.4. The largest absolute Gasteiger partial charge is 0.494 e. The van der Waals surface area contributed by atoms with E-state index in [0.29, 0.717) is 28.9 Å². The molecular weight excluding hydrogens is 408 g/mol. The second kappa shape index (κ2) is 8.38. The van der Waals surface area contributed by atoms with Crippen LogP contribution in [0.3, 0.4) is 0 Å². The van der Waals surface area contributed by atoms with Gasteiger partial charge in [0.2, 0.25) is 11.7 Å². The van der Waals surface area contributed by atoms with Crippen LogP contribution in [0.15, 0.2) is 75.0 Å². The van der Waals surface area contributed by atoms with Crippen molar-refractivity contribution in [2.24, 2.45) is 0 Å². The average molecular weight is 425 g/mol. The van der Waals surface area contributed by atoms with Crippen molar-refractivity contribution in [2.45, 2.75) is 13.5 Å². The van der Waals surface area contributed by atoms with Gasteiger partial charge in [-0.1, -0.05) is 28.9 Å². The van der Waals surface area contributed by atoms with Gasteiger partial charge in [-0.15, -0.1) is 0 Å². The fraction of sp³-hybridized carbons (Fsp3) is 0.143. The lowest BCUT2D eigenvalue weighted by Gasteiger charge is -2.07. The molecule has 0 atom stereocenters. The Labute approximate surface area is 175 Å². The summed E-state index contributed by atoms with van der Waals surface area (Å²) in [6.45, 7) is 2.43. The van der Waals surface area contributed by atoms with Crippen LogP contribution in [0.1, 0.15) is 12.8 Å². The molecule has 4 aromatic rings. The topological polar surface area (TPSA) is 92.2 Å². The quantitative estimate of drug-likeness (QED) is 0.441. The first-order valence-electron chi connectivity index (χ1n) is 9.19. The van der Waals surface area contributed by atoms with Crippen molar-refractivity contribution in [3.05, 3.63) is 92.5 Å². The van der Waals surface area contributed by atoms with Gasteiger partial charge >= 0.3 is 11.1 Å². The molecule has 4 rings (SSSR count). The second-order valence-electron chi connectivity index (χ2n) is 6.36. The van der Waals surface area contributed by atoms with E-state index in [1.54, 1.807) is 30.3 Å². The Kier molecular flexibility index (Phi) is 5.49. The molecule has 0 fully saturated rings. The number of hydrogen-bond donors (Lipinski definition) is 0. The highest BCUT2D eigenvalue weighted by Crippen LogP contribution is 2.21. The first-order chi connectivity index (χ1) is 14.5. The van der Waals surface area contributed by atoms with Crippen LogP contribution < -0.4 is 15.9 Å². The molecule has 2 aromatic carbocycles. The molecule has 0 saturated carbocycles. The molecule has 0 amide bonds. The lowest BCUT2D eigenvalue weighted by molar-refractivity contribution is 0.340. The van der Waals surface area contributed by atoms with Crippen LogP contribution in [0.25, 0.3) is 17.1 Å². The summed E-state index contributed by atoms with van der Waals surface area (Å²) >= 11 is 5.87. The molecule has 30 heavy (non-hydrogen) atoms. The standard InChI is InChI=1S/C21H17ClN4O4/c1-2-29-17-5-3-4-14(12-17)19-23-18(30-24-19)13-25-10-11-26(21(28)20(25)27)16-8-6-15(22)7-9-16/h3-12H,2,13H2,1H3. The molecule has 0 spiro atoms. The van der Waals surface area contributed by atoms with Gasteiger partial charge in [-0.3, -0.25) is 18.7 Å². The number of aromatic nitrogens is 4. The third-order valence-electron chi connectivity index (χ3n) is 4.34. The SMILES string of the molecule is CCOc1cccc(-c2noc(Cn3ccn(-c4ccc(Cl)cc4)c(=O)c3=O)n2)c1. The van der Waals surface area contributed by atoms with E-state index in [4.69, 9.17) is 20.9 Å². The average Bonchev–Trinajstić information content (AvgIpc) is 3.22. The highest BCUT2D eigenvalue weighted by molar-refractivity contribution is 6.30. The van der Waals surface area contributed by atoms with E-state index in [0.717, 1.165) is 5.56 Å². The molecule has 0 radical (unpaired) electrons. The van der Waals surface area contributed by atoms with Crippen LogP contribution in [0.5, 0.6) is 5.75 Å². The molecule has 2 heterocycles. The zero-order valence-electron chi connectivity index (χ0n) is 16.0. The molecule has 0 aliphatic heterocycles. The summed E-state index contributed by atoms with van der Waals surface area (Å²) in [5.41, 5.74) is -0.126. The van der Waals surface area contributed by atoms with Gasteiger partial charge in [-0.05, 0) is 43.3 Å². The number of hydrogen-bond acceptors (Lipinski definition) is 6. The normalized spacial score (nSPS) is 10.9. The predicted molar refractivity (Wildman–Crippen MR) is 111 cm³/mol. The summed E-state index contributed by atoms with van der Waals surface area (Å²) < 4.78 is 13.2. The fourth-order valence-corrected chi connectivity index (χ4v) is 3.04. The Morgan fingerprint density at radius 2 is 1.87 bits per heavy atom. The summed E-state index contributed by atoms with van der Waals surface area (Å²) in [5, 5.41) is 4.50. The molecule has 0 aliphatic rings. The van der Waals surface area contributed by atoms with Gasteiger partial charge in [0.15, 0.2) is 0 Å². The van der Waals surface area contributed by atoms with Gasteiger partial charge in [0.1, 0.15) is 12.3 Å². The molecular formula is C21H17ClN4O4. The Bertz CT molecular complexity index is 1290. The van der Waals surface area contributed by atoms with Gasteiger partial charge in [0.25, 0.3) is 0 Å². The molecule has 0 aliphatic carbocycles. The Morgan fingerprint density at radius 3 is 2.63 bits per heavy atom. The van der Waals surface area contributed by atoms with Gasteiger partial charge in [0.05, 0.1) is 6.61 Å². The van der Waals surface area contributed by atoms with Crippen molar-refractivity contribution in [2.75, 3.05) is 6.61 Å². The monoisotopic (exact) mass is 424 g/mol. The maximum absolute atomic E-state index is 12.5. The van der Waals surface area contributed by atoms with E-state index < -0.39 is 11.1 Å². The van der Waals surface area contributed by atoms with Gasteiger partial charge in [-0.2, -0.15) is 4.98 Å². The second-order valence-corrected chi connectivity index (χ2v) is 6.79. The molecule has 0 bridgehead atoms. The molecule has 8 nitrogen and oxygen atoms in total. The zero-order chi connectivity index (χ0) is 21.1. The Hall–Kier alpha value is -3.65. The minimum absolute atomic E-state index is 0.0202. The van der Waals surface area contributed by atoms with Crippen LogP contribution in [-0.4, -0.2) is 25.9 Å². The van der Waals surface area contributed by atoms with Gasteiger partial charge in [0, 0.05) is 28.7 Å². The van der Waals surface area contributed by atoms with Crippen molar-refractivity contribution in [1.82, 2.24) is 19.3 Å². The molecule has 0 saturated heterocycles. The summed E-state index contributed by atoms with van der Waals surface area (Å²) in [6, 6.07) is 13.9. The number of ether oxygens (including phenoxy) is 1. The van der Waals surface area contributed by atoms with Crippen molar-refractivity contribution in [1.29, 1.82) is 0 Å². The first kappa shape index (κ1) is 19.7. The van der Waals surface area contributed by atoms with E-state index in [1.165, 1.54) is 21.5 Å². The maximum atomic E-state index is 12.5. The molecule has 0 unspecified atom stereocenters. The van der Waals surface area contributed by atoms with Gasteiger partial charge < -0.3 is 9.26 Å². The minimum atomic E-state index is -0.703. The highest BCUT2D eigenvalue weighted by atomic mass is 35.5. The molecule has 0 N–H and O–H groups in total. The van der Waals surface area contributed by atoms with Crippen molar-refractivity contribution >= 4 is 11.6 Å². The Morgan fingerprint density at radius 1 is 1.07 bits per heavy atom. The smallest absolute Gasteiger partial charge is 0.320 e.